The van der Waals surface area contributed by atoms with Crippen LogP contribution in [0.4, 0.5) is 0 Å². The number of carbonyl (C=O) groups is 1. The van der Waals surface area contributed by atoms with Crippen LogP contribution >= 0.6 is 0 Å². The lowest BCUT2D eigenvalue weighted by molar-refractivity contribution is -0.146. The molecule has 0 aliphatic heterocycles. The molecule has 0 aliphatic carbocycles. The second-order valence-electron chi connectivity index (χ2n) is 7.38. The zero-order chi connectivity index (χ0) is 22.0. The van der Waals surface area contributed by atoms with E-state index in [0.29, 0.717) is 11.4 Å². The largest absolute Gasteiger partial charge is 0.497 e. The van der Waals surface area contributed by atoms with E-state index in [1.165, 1.54) is 27.1 Å². The summed E-state index contributed by atoms with van der Waals surface area (Å²) in [6.07, 6.45) is 1.39. The number of hydrogen-bond donors (Lipinski definition) is 0. The summed E-state index contributed by atoms with van der Waals surface area (Å²) < 4.78 is 14.4. The number of ether oxygens (including phenoxy) is 2. The highest BCUT2D eigenvalue weighted by molar-refractivity contribution is 5.79. The quantitative estimate of drug-likeness (QED) is 0.550. The van der Waals surface area contributed by atoms with Gasteiger partial charge in [0.05, 0.1) is 25.7 Å². The lowest BCUT2D eigenvalue weighted by Crippen LogP contribution is -2.41. The molecule has 9 heteroatoms. The average molecular weight is 414 g/mol. The normalized spacial score (nSPS) is 12.3. The Morgan fingerprint density at radius 2 is 1.93 bits per heavy atom. The lowest BCUT2D eigenvalue weighted by Gasteiger charge is -2.16. The van der Waals surface area contributed by atoms with Crippen LogP contribution in [0.5, 0.6) is 5.75 Å². The molecule has 3 aromatic rings. The molecule has 1 unspecified atom stereocenters. The molecule has 1 aromatic carbocycles. The third-order valence-corrected chi connectivity index (χ3v) is 4.76. The van der Waals surface area contributed by atoms with E-state index in [4.69, 9.17) is 9.47 Å². The number of esters is 1. The van der Waals surface area contributed by atoms with E-state index in [0.717, 1.165) is 0 Å². The Morgan fingerprint density at radius 3 is 2.57 bits per heavy atom. The Hall–Kier alpha value is -3.36. The van der Waals surface area contributed by atoms with Crippen LogP contribution < -0.4 is 16.0 Å². The summed E-state index contributed by atoms with van der Waals surface area (Å²) in [6, 6.07) is 6.17. The SMILES string of the molecule is CCOC(=O)C(C)n1cnc2c1c(=O)n(CC(C)C)c(=O)n2-c1cccc(OC)c1. The third kappa shape index (κ3) is 3.74. The highest BCUT2D eigenvalue weighted by Crippen LogP contribution is 2.20. The molecule has 0 bridgehead atoms. The summed E-state index contributed by atoms with van der Waals surface area (Å²) in [4.78, 5) is 43.2. The second kappa shape index (κ2) is 8.56. The Labute approximate surface area is 173 Å². The summed E-state index contributed by atoms with van der Waals surface area (Å²) >= 11 is 0. The Balaban J connectivity index is 2.37. The van der Waals surface area contributed by atoms with Crippen molar-refractivity contribution >= 4 is 17.1 Å². The first-order valence-electron chi connectivity index (χ1n) is 9.83. The number of rotatable bonds is 7. The predicted octanol–water partition coefficient (Wildman–Crippen LogP) is 2.14. The van der Waals surface area contributed by atoms with Gasteiger partial charge in [-0.05, 0) is 31.9 Å². The number of aromatic nitrogens is 4. The summed E-state index contributed by atoms with van der Waals surface area (Å²) in [5.74, 6) is 0.143. The molecule has 160 valence electrons. The van der Waals surface area contributed by atoms with Gasteiger partial charge >= 0.3 is 11.7 Å². The van der Waals surface area contributed by atoms with Crippen LogP contribution in [0, 0.1) is 5.92 Å². The number of nitrogens with zero attached hydrogens (tertiary/aromatic N) is 4. The van der Waals surface area contributed by atoms with Gasteiger partial charge in [0.15, 0.2) is 11.2 Å². The van der Waals surface area contributed by atoms with Crippen LogP contribution in [-0.2, 0) is 16.1 Å². The fourth-order valence-electron chi connectivity index (χ4n) is 3.33. The van der Waals surface area contributed by atoms with Gasteiger partial charge in [0.1, 0.15) is 11.8 Å². The molecule has 9 nitrogen and oxygen atoms in total. The molecule has 0 spiro atoms. The van der Waals surface area contributed by atoms with E-state index in [-0.39, 0.29) is 30.2 Å². The van der Waals surface area contributed by atoms with Crippen molar-refractivity contribution in [3.63, 3.8) is 0 Å². The first-order valence-corrected chi connectivity index (χ1v) is 9.83. The molecule has 0 N–H and O–H groups in total. The van der Waals surface area contributed by atoms with E-state index < -0.39 is 23.3 Å². The summed E-state index contributed by atoms with van der Waals surface area (Å²) in [5, 5.41) is 0. The first kappa shape index (κ1) is 21.4. The standard InChI is InChI=1S/C21H26N4O5/c1-6-30-20(27)14(4)24-12-22-18-17(24)19(26)23(11-13(2)3)21(28)25(18)15-8-7-9-16(10-15)29-5/h7-10,12-14H,6,11H2,1-5H3. The van der Waals surface area contributed by atoms with Crippen molar-refractivity contribution in [2.24, 2.45) is 5.92 Å². The van der Waals surface area contributed by atoms with Crippen LogP contribution in [0.2, 0.25) is 0 Å². The van der Waals surface area contributed by atoms with Gasteiger partial charge in [0.2, 0.25) is 0 Å². The number of carbonyl (C=O) groups excluding carboxylic acids is 1. The molecule has 2 aromatic heterocycles. The number of methoxy groups -OCH3 is 1. The molecule has 0 amide bonds. The maximum absolute atomic E-state index is 13.3. The maximum Gasteiger partial charge on any atom is 0.337 e. The van der Waals surface area contributed by atoms with E-state index in [1.54, 1.807) is 38.1 Å². The highest BCUT2D eigenvalue weighted by atomic mass is 16.5. The van der Waals surface area contributed by atoms with Gasteiger partial charge in [-0.3, -0.25) is 9.36 Å². The predicted molar refractivity (Wildman–Crippen MR) is 112 cm³/mol. The van der Waals surface area contributed by atoms with Crippen LogP contribution in [-0.4, -0.2) is 38.4 Å². The van der Waals surface area contributed by atoms with Gasteiger partial charge in [0.25, 0.3) is 5.56 Å². The number of benzene rings is 1. The number of fused-ring (bicyclic) bond motifs is 1. The molecular weight excluding hydrogens is 388 g/mol. The van der Waals surface area contributed by atoms with Gasteiger partial charge in [-0.15, -0.1) is 0 Å². The fraction of sp³-hybridized carbons (Fsp3) is 0.429. The molecule has 0 aliphatic rings. The van der Waals surface area contributed by atoms with Gasteiger partial charge in [-0.1, -0.05) is 19.9 Å². The van der Waals surface area contributed by atoms with E-state index in [1.807, 2.05) is 13.8 Å². The minimum absolute atomic E-state index is 0.0606. The molecule has 1 atom stereocenters. The van der Waals surface area contributed by atoms with Crippen LogP contribution in [0.25, 0.3) is 16.9 Å². The van der Waals surface area contributed by atoms with E-state index >= 15 is 0 Å². The Morgan fingerprint density at radius 1 is 1.20 bits per heavy atom. The lowest BCUT2D eigenvalue weighted by atomic mass is 10.2. The molecule has 0 saturated carbocycles. The van der Waals surface area contributed by atoms with Crippen molar-refractivity contribution in [1.29, 1.82) is 0 Å². The molecule has 0 radical (unpaired) electrons. The molecule has 30 heavy (non-hydrogen) atoms. The Kier molecular flexibility index (Phi) is 6.09. The van der Waals surface area contributed by atoms with Crippen LogP contribution in [0.1, 0.15) is 33.7 Å². The maximum atomic E-state index is 13.3. The highest BCUT2D eigenvalue weighted by Gasteiger charge is 2.25. The van der Waals surface area contributed by atoms with Crippen molar-refractivity contribution in [3.8, 4) is 11.4 Å². The third-order valence-electron chi connectivity index (χ3n) is 4.76. The molecule has 2 heterocycles. The van der Waals surface area contributed by atoms with Gasteiger partial charge in [-0.2, -0.15) is 0 Å². The average Bonchev–Trinajstić information content (AvgIpc) is 3.15. The van der Waals surface area contributed by atoms with Gasteiger partial charge in [0, 0.05) is 12.6 Å². The van der Waals surface area contributed by atoms with Gasteiger partial charge < -0.3 is 14.0 Å². The van der Waals surface area contributed by atoms with E-state index in [9.17, 15) is 14.4 Å². The zero-order valence-electron chi connectivity index (χ0n) is 17.8. The van der Waals surface area contributed by atoms with Crippen molar-refractivity contribution in [2.45, 2.75) is 40.3 Å². The summed E-state index contributed by atoms with van der Waals surface area (Å²) in [5.41, 5.74) is -0.135. The van der Waals surface area contributed by atoms with Crippen molar-refractivity contribution in [3.05, 3.63) is 51.4 Å². The topological polar surface area (TPSA) is 97.4 Å². The monoisotopic (exact) mass is 414 g/mol. The first-order chi connectivity index (χ1) is 14.3. The van der Waals surface area contributed by atoms with E-state index in [2.05, 4.69) is 4.98 Å². The van der Waals surface area contributed by atoms with Crippen molar-refractivity contribution < 1.29 is 14.3 Å². The Bertz CT molecular complexity index is 1190. The van der Waals surface area contributed by atoms with Crippen molar-refractivity contribution in [1.82, 2.24) is 18.7 Å². The number of imidazole rings is 1. The molecule has 3 rings (SSSR count). The van der Waals surface area contributed by atoms with Crippen LogP contribution in [0.3, 0.4) is 0 Å². The second-order valence-corrected chi connectivity index (χ2v) is 7.38. The minimum atomic E-state index is -0.772. The fourth-order valence-corrected chi connectivity index (χ4v) is 3.33. The van der Waals surface area contributed by atoms with Crippen LogP contribution in [0.15, 0.2) is 40.2 Å². The minimum Gasteiger partial charge on any atom is -0.497 e. The number of hydrogen-bond acceptors (Lipinski definition) is 6. The van der Waals surface area contributed by atoms with Crippen molar-refractivity contribution in [2.75, 3.05) is 13.7 Å². The summed E-state index contributed by atoms with van der Waals surface area (Å²) in [7, 11) is 1.53. The van der Waals surface area contributed by atoms with Gasteiger partial charge in [-0.25, -0.2) is 19.1 Å². The molecule has 0 fully saturated rings. The summed E-state index contributed by atoms with van der Waals surface area (Å²) in [6.45, 7) is 7.65. The molecule has 0 saturated heterocycles. The molecular formula is C21H26N4O5. The zero-order valence-corrected chi connectivity index (χ0v) is 17.8. The smallest absolute Gasteiger partial charge is 0.337 e.